The fourth-order valence-electron chi connectivity index (χ4n) is 2.98. The SMILES string of the molecule is CCc1ccc(OCOC)c(Sc2ccc(P(N)(OC)(OC)C(=O)OC(C)(C)C)c(Cl)c2)c1. The average Bonchev–Trinajstić information content (AvgIpc) is 2.76. The second kappa shape index (κ2) is 10.9. The summed E-state index contributed by atoms with van der Waals surface area (Å²) in [7, 11) is -0.372. The van der Waals surface area contributed by atoms with Crippen LogP contribution in [0.15, 0.2) is 46.2 Å². The van der Waals surface area contributed by atoms with E-state index in [1.54, 1.807) is 46.1 Å². The Balaban J connectivity index is 2.48. The summed E-state index contributed by atoms with van der Waals surface area (Å²) in [5, 5.41) is 0.491. The van der Waals surface area contributed by atoms with Gasteiger partial charge in [0.15, 0.2) is 0 Å². The Bertz CT molecular complexity index is 993. The molecule has 33 heavy (non-hydrogen) atoms. The summed E-state index contributed by atoms with van der Waals surface area (Å²) < 4.78 is 27.5. The van der Waals surface area contributed by atoms with E-state index in [0.717, 1.165) is 16.2 Å². The summed E-state index contributed by atoms with van der Waals surface area (Å²) in [5.74, 6) is 0.695. The topological polar surface area (TPSA) is 89.2 Å². The van der Waals surface area contributed by atoms with Crippen LogP contribution in [0.3, 0.4) is 0 Å². The number of halogens is 1. The van der Waals surface area contributed by atoms with Gasteiger partial charge in [-0.2, -0.15) is 0 Å². The normalized spacial score (nSPS) is 13.3. The zero-order valence-corrected chi connectivity index (χ0v) is 22.6. The molecule has 7 nitrogen and oxygen atoms in total. The van der Waals surface area contributed by atoms with Crippen molar-refractivity contribution in [3.05, 3.63) is 47.0 Å². The van der Waals surface area contributed by atoms with Gasteiger partial charge in [-0.1, -0.05) is 0 Å². The molecular weight excluding hydrogens is 485 g/mol. The van der Waals surface area contributed by atoms with Crippen LogP contribution in [0.5, 0.6) is 5.75 Å². The second-order valence-corrected chi connectivity index (χ2v) is 13.4. The summed E-state index contributed by atoms with van der Waals surface area (Å²) in [6.45, 7) is 7.45. The summed E-state index contributed by atoms with van der Waals surface area (Å²) in [4.78, 5) is 14.9. The minimum absolute atomic E-state index is 0.137. The Morgan fingerprint density at radius 1 is 1.09 bits per heavy atom. The molecule has 0 saturated heterocycles. The number of carbonyl (C=O) groups is 1. The zero-order chi connectivity index (χ0) is 24.9. The molecule has 2 rings (SSSR count). The monoisotopic (exact) mass is 517 g/mol. The average molecular weight is 518 g/mol. The van der Waals surface area contributed by atoms with Gasteiger partial charge in [0.1, 0.15) is 0 Å². The summed E-state index contributed by atoms with van der Waals surface area (Å²) in [6, 6.07) is 11.2. The molecule has 0 aliphatic carbocycles. The van der Waals surface area contributed by atoms with Crippen LogP contribution in [0.2, 0.25) is 5.02 Å². The van der Waals surface area contributed by atoms with Crippen molar-refractivity contribution in [2.45, 2.75) is 49.5 Å². The molecule has 0 aromatic heterocycles. The molecule has 0 aliphatic heterocycles. The number of hydrogen-bond acceptors (Lipinski definition) is 8. The first kappa shape index (κ1) is 27.9. The fraction of sp³-hybridized carbons (Fsp3) is 0.435. The van der Waals surface area contributed by atoms with Gasteiger partial charge in [-0.15, -0.1) is 0 Å². The van der Waals surface area contributed by atoms with Gasteiger partial charge in [0.2, 0.25) is 0 Å². The fourth-order valence-corrected chi connectivity index (χ4v) is 7.02. The molecule has 184 valence electrons. The van der Waals surface area contributed by atoms with Gasteiger partial charge in [0, 0.05) is 0 Å². The van der Waals surface area contributed by atoms with E-state index in [1.807, 2.05) is 12.1 Å². The van der Waals surface area contributed by atoms with Crippen molar-refractivity contribution in [1.29, 1.82) is 0 Å². The Kier molecular flexibility index (Phi) is 9.21. The number of nitrogens with two attached hydrogens (primary N) is 1. The molecule has 0 radical (unpaired) electrons. The van der Waals surface area contributed by atoms with E-state index >= 15 is 0 Å². The standard InChI is InChI=1S/C23H33ClNO6PS/c1-8-16-9-11-19(30-15-27-5)21(13-16)33-17-10-12-20(18(24)14-17)32(25,28-6,29-7)22(26)31-23(2,3)4/h9-14H,8,15,25H2,1-7H3. The Hall–Kier alpha value is -1.38. The van der Waals surface area contributed by atoms with E-state index in [0.29, 0.717) is 5.75 Å². The molecule has 2 aromatic carbocycles. The number of rotatable bonds is 10. The quantitative estimate of drug-likeness (QED) is 0.296. The molecule has 0 spiro atoms. The van der Waals surface area contributed by atoms with Crippen molar-refractivity contribution in [3.8, 4) is 5.75 Å². The Morgan fingerprint density at radius 3 is 2.27 bits per heavy atom. The zero-order valence-electron chi connectivity index (χ0n) is 20.1. The van der Waals surface area contributed by atoms with E-state index in [-0.39, 0.29) is 17.1 Å². The van der Waals surface area contributed by atoms with Crippen LogP contribution in [-0.4, -0.2) is 39.4 Å². The number of hydrogen-bond donors (Lipinski definition) is 1. The Morgan fingerprint density at radius 2 is 1.76 bits per heavy atom. The number of methoxy groups -OCH3 is 1. The molecule has 0 fully saturated rings. The molecule has 0 aliphatic rings. The van der Waals surface area contributed by atoms with E-state index in [4.69, 9.17) is 40.4 Å². The first-order valence-corrected chi connectivity index (χ1v) is 13.7. The number of benzene rings is 2. The van der Waals surface area contributed by atoms with Gasteiger partial charge in [0.05, 0.1) is 0 Å². The van der Waals surface area contributed by atoms with Crippen molar-refractivity contribution < 1.29 is 28.1 Å². The third kappa shape index (κ3) is 6.20. The first-order chi connectivity index (χ1) is 15.4. The van der Waals surface area contributed by atoms with Gasteiger partial charge < -0.3 is 0 Å². The minimum atomic E-state index is -4.58. The maximum atomic E-state index is 13.2. The van der Waals surface area contributed by atoms with Crippen LogP contribution in [0, 0.1) is 0 Å². The van der Waals surface area contributed by atoms with Crippen molar-refractivity contribution in [2.24, 2.45) is 5.50 Å². The molecule has 10 heteroatoms. The van der Waals surface area contributed by atoms with Gasteiger partial charge in [-0.25, -0.2) is 0 Å². The molecule has 0 unspecified atom stereocenters. The van der Waals surface area contributed by atoms with Crippen LogP contribution in [0.4, 0.5) is 4.79 Å². The first-order valence-electron chi connectivity index (χ1n) is 10.3. The van der Waals surface area contributed by atoms with Crippen LogP contribution < -0.4 is 15.5 Å². The number of carbonyl (C=O) groups excluding carboxylic acids is 1. The number of aryl methyl sites for hydroxylation is 1. The van der Waals surface area contributed by atoms with Gasteiger partial charge in [0.25, 0.3) is 0 Å². The van der Waals surface area contributed by atoms with E-state index in [2.05, 4.69) is 13.0 Å². The van der Waals surface area contributed by atoms with Crippen molar-refractivity contribution in [3.63, 3.8) is 0 Å². The van der Waals surface area contributed by atoms with Gasteiger partial charge in [-0.3, -0.25) is 0 Å². The Labute approximate surface area is 205 Å². The summed E-state index contributed by atoms with van der Waals surface area (Å²) in [6.07, 6.45) is 0.886. The molecular formula is C23H33ClNO6PS. The molecule has 0 atom stereocenters. The molecule has 0 heterocycles. The van der Waals surface area contributed by atoms with E-state index < -0.39 is 18.5 Å². The molecule has 0 saturated carbocycles. The van der Waals surface area contributed by atoms with Crippen LogP contribution in [0.25, 0.3) is 0 Å². The summed E-state index contributed by atoms with van der Waals surface area (Å²) in [5.41, 5.74) is 6.19. The summed E-state index contributed by atoms with van der Waals surface area (Å²) >= 11 is 8.12. The predicted octanol–water partition coefficient (Wildman–Crippen LogP) is 6.15. The maximum absolute atomic E-state index is 13.2. The second-order valence-electron chi connectivity index (χ2n) is 8.27. The van der Waals surface area contributed by atoms with Crippen LogP contribution >= 0.6 is 30.6 Å². The third-order valence-electron chi connectivity index (χ3n) is 4.82. The molecule has 0 amide bonds. The predicted molar refractivity (Wildman–Crippen MR) is 135 cm³/mol. The van der Waals surface area contributed by atoms with Crippen LogP contribution in [0.1, 0.15) is 33.3 Å². The molecule has 2 aromatic rings. The third-order valence-corrected chi connectivity index (χ3v) is 9.82. The van der Waals surface area contributed by atoms with Crippen molar-refractivity contribution in [2.75, 3.05) is 28.1 Å². The van der Waals surface area contributed by atoms with E-state index in [1.165, 1.54) is 31.5 Å². The number of ether oxygens (including phenoxy) is 3. The van der Waals surface area contributed by atoms with Crippen LogP contribution in [-0.2, 0) is 24.9 Å². The van der Waals surface area contributed by atoms with Gasteiger partial charge >= 0.3 is 206 Å². The van der Waals surface area contributed by atoms with Crippen molar-refractivity contribution in [1.82, 2.24) is 0 Å². The van der Waals surface area contributed by atoms with Gasteiger partial charge in [-0.05, 0) is 0 Å². The molecule has 2 N–H and O–H groups in total. The van der Waals surface area contributed by atoms with E-state index in [9.17, 15) is 4.79 Å². The molecule has 0 bridgehead atoms. The van der Waals surface area contributed by atoms with Crippen molar-refractivity contribution >= 4 is 41.6 Å².